The third-order valence-corrected chi connectivity index (χ3v) is 5.63. The van der Waals surface area contributed by atoms with Crippen molar-refractivity contribution in [2.45, 2.75) is 31.1 Å². The zero-order valence-electron chi connectivity index (χ0n) is 15.5. The highest BCUT2D eigenvalue weighted by molar-refractivity contribution is 5.94. The second-order valence-electron chi connectivity index (χ2n) is 7.35. The molecule has 4 rings (SSSR count). The maximum absolute atomic E-state index is 12.6. The van der Waals surface area contributed by atoms with E-state index in [1.807, 2.05) is 12.1 Å². The first-order valence-electron chi connectivity index (χ1n) is 9.52. The van der Waals surface area contributed by atoms with Gasteiger partial charge < -0.3 is 14.8 Å². The molecule has 2 aliphatic rings. The molecule has 28 heavy (non-hydrogen) atoms. The first kappa shape index (κ1) is 18.3. The smallest absolute Gasteiger partial charge is 0.317 e. The normalized spacial score (nSPS) is 17.1. The predicted molar refractivity (Wildman–Crippen MR) is 101 cm³/mol. The second kappa shape index (κ2) is 7.50. The van der Waals surface area contributed by atoms with E-state index >= 15 is 0 Å². The van der Waals surface area contributed by atoms with Gasteiger partial charge in [-0.15, -0.1) is 0 Å². The van der Waals surface area contributed by atoms with E-state index in [2.05, 4.69) is 11.4 Å². The van der Waals surface area contributed by atoms with Gasteiger partial charge in [-0.3, -0.25) is 4.79 Å². The molecule has 0 atom stereocenters. The van der Waals surface area contributed by atoms with Gasteiger partial charge in [0.25, 0.3) is 10.8 Å². The van der Waals surface area contributed by atoms with E-state index in [4.69, 9.17) is 14.7 Å². The van der Waals surface area contributed by atoms with Crippen molar-refractivity contribution in [3.8, 4) is 11.5 Å². The fourth-order valence-corrected chi connectivity index (χ4v) is 4.11. The highest BCUT2D eigenvalue weighted by atomic mass is 16.6. The highest BCUT2D eigenvalue weighted by Crippen LogP contribution is 2.43. The quantitative estimate of drug-likeness (QED) is 0.772. The van der Waals surface area contributed by atoms with Crippen LogP contribution >= 0.6 is 0 Å². The number of carbonyl (C=O) groups is 1. The van der Waals surface area contributed by atoms with Crippen molar-refractivity contribution < 1.29 is 24.4 Å². The second-order valence-corrected chi connectivity index (χ2v) is 7.35. The van der Waals surface area contributed by atoms with Gasteiger partial charge in [-0.2, -0.15) is 0 Å². The molecule has 1 heterocycles. The van der Waals surface area contributed by atoms with Gasteiger partial charge in [-0.25, -0.2) is 5.21 Å². The molecule has 146 valence electrons. The number of amides is 1. The Bertz CT molecular complexity index is 905. The van der Waals surface area contributed by atoms with E-state index < -0.39 is 0 Å². The van der Waals surface area contributed by atoms with Crippen LogP contribution in [0.15, 0.2) is 42.5 Å². The Labute approximate surface area is 162 Å². The molecule has 1 amide bonds. The molecule has 0 unspecified atom stereocenters. The number of nitrogens with one attached hydrogen (secondary N) is 1. The summed E-state index contributed by atoms with van der Waals surface area (Å²) in [5, 5.41) is 12.1. The lowest BCUT2D eigenvalue weighted by Gasteiger charge is -2.31. The average Bonchev–Trinajstić information content (AvgIpc) is 3.22. The molecule has 1 fully saturated rings. The van der Waals surface area contributed by atoms with Crippen molar-refractivity contribution in [3.05, 3.63) is 58.5 Å². The minimum absolute atomic E-state index is 0.0232. The summed E-state index contributed by atoms with van der Waals surface area (Å²) in [6.45, 7) is 1.59. The van der Waals surface area contributed by atoms with Crippen LogP contribution in [0.3, 0.4) is 0 Å². The molecule has 7 nitrogen and oxygen atoms in total. The van der Waals surface area contributed by atoms with Crippen molar-refractivity contribution >= 4 is 11.6 Å². The maximum atomic E-state index is 12.6. The molecular weight excluding hydrogens is 360 g/mol. The predicted octanol–water partition coefficient (Wildman–Crippen LogP) is 3.50. The van der Waals surface area contributed by atoms with Gasteiger partial charge in [0.15, 0.2) is 11.5 Å². The van der Waals surface area contributed by atoms with E-state index in [9.17, 15) is 9.70 Å². The monoisotopic (exact) mass is 383 g/mol. The molecule has 2 aromatic rings. The summed E-state index contributed by atoms with van der Waals surface area (Å²) in [7, 11) is 0. The third-order valence-electron chi connectivity index (χ3n) is 5.63. The van der Waals surface area contributed by atoms with Gasteiger partial charge in [0.05, 0.1) is 4.91 Å². The lowest BCUT2D eigenvalue weighted by atomic mass is 9.78. The molecule has 2 N–H and O–H groups in total. The maximum Gasteiger partial charge on any atom is 0.317 e. The Hall–Kier alpha value is -3.09. The molecule has 1 saturated carbocycles. The van der Waals surface area contributed by atoms with Gasteiger partial charge in [0, 0.05) is 29.7 Å². The fraction of sp³-hybridized carbons (Fsp3) is 0.381. The topological polar surface area (TPSA) is 87.9 Å². The number of hydrogen-bond acceptors (Lipinski definition) is 4. The number of rotatable bonds is 5. The van der Waals surface area contributed by atoms with Crippen molar-refractivity contribution in [2.24, 2.45) is 0 Å². The molecule has 0 spiro atoms. The zero-order chi connectivity index (χ0) is 19.6. The van der Waals surface area contributed by atoms with Crippen LogP contribution in [-0.2, 0) is 5.41 Å². The van der Waals surface area contributed by atoms with E-state index in [1.165, 1.54) is 12.1 Å². The van der Waals surface area contributed by atoms with E-state index in [0.29, 0.717) is 25.3 Å². The van der Waals surface area contributed by atoms with Crippen molar-refractivity contribution in [2.75, 3.05) is 19.8 Å². The minimum Gasteiger partial charge on any atom is -0.486 e. The van der Waals surface area contributed by atoms with Crippen LogP contribution in [-0.4, -0.2) is 35.8 Å². The molecular formula is C21H23N2O5+. The van der Waals surface area contributed by atoms with Crippen LogP contribution in [0, 0.1) is 4.91 Å². The summed E-state index contributed by atoms with van der Waals surface area (Å²) in [5.74, 6) is 1.25. The van der Waals surface area contributed by atoms with E-state index in [-0.39, 0.29) is 21.9 Å². The Morgan fingerprint density at radius 1 is 1.07 bits per heavy atom. The first-order chi connectivity index (χ1) is 13.6. The molecule has 1 aliphatic carbocycles. The largest absolute Gasteiger partial charge is 0.486 e. The summed E-state index contributed by atoms with van der Waals surface area (Å²) < 4.78 is 11.3. The number of nitrogens with zero attached hydrogens (tertiary/aromatic N) is 1. The molecule has 0 radical (unpaired) electrons. The van der Waals surface area contributed by atoms with Crippen LogP contribution in [0.4, 0.5) is 5.69 Å². The average molecular weight is 383 g/mol. The number of carbonyl (C=O) groups excluding carboxylic acids is 1. The van der Waals surface area contributed by atoms with Crippen LogP contribution in [0.25, 0.3) is 0 Å². The number of hydrogen-bond donors (Lipinski definition) is 2. The zero-order valence-corrected chi connectivity index (χ0v) is 15.5. The lowest BCUT2D eigenvalue weighted by Crippen LogP contribution is -2.39. The van der Waals surface area contributed by atoms with Gasteiger partial charge in [-0.05, 0) is 36.6 Å². The molecule has 2 aromatic carbocycles. The number of fused-ring (bicyclic) bond motifs is 1. The lowest BCUT2D eigenvalue weighted by molar-refractivity contribution is -0.729. The first-order valence-corrected chi connectivity index (χ1v) is 9.52. The summed E-state index contributed by atoms with van der Waals surface area (Å²) in [5.41, 5.74) is 1.35. The summed E-state index contributed by atoms with van der Waals surface area (Å²) in [6, 6.07) is 12.0. The van der Waals surface area contributed by atoms with Crippen LogP contribution in [0.2, 0.25) is 0 Å². The van der Waals surface area contributed by atoms with Gasteiger partial charge >= 0.3 is 5.69 Å². The Morgan fingerprint density at radius 2 is 1.82 bits per heavy atom. The summed E-state index contributed by atoms with van der Waals surface area (Å²) >= 11 is 0. The standard InChI is InChI=1S/C21H22N2O5/c24-20(15-4-3-5-17(12-15)23(25)26)22-14-21(8-1-2-9-21)16-6-7-18-19(13-16)28-11-10-27-18/h3-7,12-13H,1-2,8-11,14H2,(H-,22,24,25,26)/p+1. The van der Waals surface area contributed by atoms with Gasteiger partial charge in [0.1, 0.15) is 13.2 Å². The molecule has 7 heteroatoms. The number of benzene rings is 2. The minimum atomic E-state index is -0.271. The molecule has 0 aromatic heterocycles. The Morgan fingerprint density at radius 3 is 2.57 bits per heavy atom. The molecule has 0 saturated heterocycles. The van der Waals surface area contributed by atoms with Gasteiger partial charge in [0.2, 0.25) is 0 Å². The fourth-order valence-electron chi connectivity index (χ4n) is 4.11. The van der Waals surface area contributed by atoms with Crippen LogP contribution in [0.5, 0.6) is 11.5 Å². The van der Waals surface area contributed by atoms with Crippen molar-refractivity contribution in [1.82, 2.24) is 5.32 Å². The highest BCUT2D eigenvalue weighted by Gasteiger charge is 2.37. The Balaban J connectivity index is 1.53. The molecule has 1 aliphatic heterocycles. The van der Waals surface area contributed by atoms with Crippen molar-refractivity contribution in [1.29, 1.82) is 0 Å². The number of ether oxygens (including phenoxy) is 2. The van der Waals surface area contributed by atoms with E-state index in [0.717, 1.165) is 42.7 Å². The van der Waals surface area contributed by atoms with Crippen molar-refractivity contribution in [3.63, 3.8) is 0 Å². The van der Waals surface area contributed by atoms with Gasteiger partial charge in [-0.1, -0.05) is 25.0 Å². The Kier molecular flexibility index (Phi) is 4.90. The third kappa shape index (κ3) is 3.52. The van der Waals surface area contributed by atoms with Crippen LogP contribution in [0.1, 0.15) is 41.6 Å². The molecule has 0 bridgehead atoms. The SMILES string of the molecule is O=C(NCC1(c2ccc3c(c2)OCCO3)CCCC1)c1cccc([N+](=O)O)c1. The summed E-state index contributed by atoms with van der Waals surface area (Å²) in [4.78, 5) is 23.4. The van der Waals surface area contributed by atoms with E-state index in [1.54, 1.807) is 12.1 Å². The van der Waals surface area contributed by atoms with Crippen LogP contribution < -0.4 is 14.8 Å². The summed E-state index contributed by atoms with van der Waals surface area (Å²) in [6.07, 6.45) is 4.18.